The molecule has 0 unspecified atom stereocenters. The molecule has 0 radical (unpaired) electrons. The number of rotatable bonds is 0. The van der Waals surface area contributed by atoms with Crippen LogP contribution < -0.4 is 5.32 Å². The van der Waals surface area contributed by atoms with Crippen molar-refractivity contribution in [1.82, 2.24) is 5.32 Å². The topological polar surface area (TPSA) is 113 Å². The highest BCUT2D eigenvalue weighted by Crippen LogP contribution is 2.34. The summed E-state index contributed by atoms with van der Waals surface area (Å²) in [5.74, 6) is 0. The molecule has 6 atom stereocenters. The predicted molar refractivity (Wildman–Crippen MR) is 40.5 cm³/mol. The Morgan fingerprint density at radius 1 is 1.08 bits per heavy atom. The molecule has 0 aromatic rings. The first kappa shape index (κ1) is 9.32. The molecule has 0 aromatic carbocycles. The number of hydrogen-bond donors (Lipinski definition) is 6. The first-order valence-corrected chi connectivity index (χ1v) is 4.18. The predicted octanol–water partition coefficient (Wildman–Crippen LogP) is -3.51. The van der Waals surface area contributed by atoms with Gasteiger partial charge in [-0.25, -0.2) is 0 Å². The molecule has 2 bridgehead atoms. The molecule has 2 aliphatic heterocycles. The number of hydrogen-bond acceptors (Lipinski definition) is 6. The Bertz CT molecular complexity index is 219. The summed E-state index contributed by atoms with van der Waals surface area (Å²) < 4.78 is 0. The van der Waals surface area contributed by atoms with Gasteiger partial charge in [0.1, 0.15) is 24.0 Å². The van der Waals surface area contributed by atoms with E-state index in [9.17, 15) is 25.5 Å². The van der Waals surface area contributed by atoms with Crippen molar-refractivity contribution < 1.29 is 25.5 Å². The average Bonchev–Trinajstić information content (AvgIpc) is 2.35. The zero-order chi connectivity index (χ0) is 9.80. The fourth-order valence-corrected chi connectivity index (χ4v) is 2.09. The van der Waals surface area contributed by atoms with Crippen LogP contribution in [-0.4, -0.2) is 61.7 Å². The van der Waals surface area contributed by atoms with E-state index in [1.54, 1.807) is 0 Å². The summed E-state index contributed by atoms with van der Waals surface area (Å²) in [5.41, 5.74) is -1.68. The summed E-state index contributed by atoms with van der Waals surface area (Å²) in [6.07, 6.45) is -5.20. The summed E-state index contributed by atoms with van der Waals surface area (Å²) in [6.45, 7) is 0. The lowest BCUT2D eigenvalue weighted by molar-refractivity contribution is -0.187. The Labute approximate surface area is 74.4 Å². The van der Waals surface area contributed by atoms with Gasteiger partial charge in [-0.1, -0.05) is 0 Å². The monoisotopic (exact) mass is 191 g/mol. The van der Waals surface area contributed by atoms with Gasteiger partial charge >= 0.3 is 0 Å². The molecule has 6 N–H and O–H groups in total. The highest BCUT2D eigenvalue weighted by molar-refractivity contribution is 5.11. The van der Waals surface area contributed by atoms with Crippen LogP contribution in [0.5, 0.6) is 0 Å². The van der Waals surface area contributed by atoms with Gasteiger partial charge in [0.25, 0.3) is 0 Å². The Morgan fingerprint density at radius 3 is 2.31 bits per heavy atom. The van der Waals surface area contributed by atoms with Gasteiger partial charge in [0, 0.05) is 6.42 Å². The fraction of sp³-hybridized carbons (Fsp3) is 1.00. The van der Waals surface area contributed by atoms with Gasteiger partial charge in [-0.15, -0.1) is 0 Å². The lowest BCUT2D eigenvalue weighted by atomic mass is 9.94. The molecule has 2 fully saturated rings. The van der Waals surface area contributed by atoms with Crippen LogP contribution >= 0.6 is 0 Å². The van der Waals surface area contributed by atoms with Crippen molar-refractivity contribution in [1.29, 1.82) is 0 Å². The largest absolute Gasteiger partial charge is 0.391 e. The number of aliphatic hydroxyl groups is 5. The van der Waals surface area contributed by atoms with Crippen molar-refractivity contribution in [3.8, 4) is 0 Å². The summed E-state index contributed by atoms with van der Waals surface area (Å²) in [6, 6.07) is -0.775. The highest BCUT2D eigenvalue weighted by Gasteiger charge is 2.58. The van der Waals surface area contributed by atoms with E-state index < -0.39 is 36.2 Å². The van der Waals surface area contributed by atoms with E-state index in [2.05, 4.69) is 5.32 Å². The molecule has 2 rings (SSSR count). The lowest BCUT2D eigenvalue weighted by Crippen LogP contribution is -2.67. The lowest BCUT2D eigenvalue weighted by Gasteiger charge is -2.40. The molecular weight excluding hydrogens is 178 g/mol. The SMILES string of the molecule is O[C@@H]1[C@H](O)[C@H]2N[C@@](O)(C[C@H]2O)[C@H]1O. The van der Waals surface area contributed by atoms with E-state index in [1.807, 2.05) is 0 Å². The second kappa shape index (κ2) is 2.63. The third-order valence-electron chi connectivity index (χ3n) is 2.88. The molecule has 0 amide bonds. The van der Waals surface area contributed by atoms with Gasteiger partial charge < -0.3 is 25.5 Å². The van der Waals surface area contributed by atoms with Crippen LogP contribution in [0.2, 0.25) is 0 Å². The van der Waals surface area contributed by atoms with Gasteiger partial charge in [-0.3, -0.25) is 5.32 Å². The van der Waals surface area contributed by atoms with Crippen LogP contribution in [0.25, 0.3) is 0 Å². The Hall–Kier alpha value is -0.240. The number of aliphatic hydroxyl groups excluding tert-OH is 4. The first-order chi connectivity index (χ1) is 5.96. The fourth-order valence-electron chi connectivity index (χ4n) is 2.09. The minimum Gasteiger partial charge on any atom is -0.391 e. The minimum absolute atomic E-state index is 0.0903. The molecule has 13 heavy (non-hydrogen) atoms. The van der Waals surface area contributed by atoms with Crippen LogP contribution in [0.3, 0.4) is 0 Å². The molecule has 2 heterocycles. The first-order valence-electron chi connectivity index (χ1n) is 4.18. The number of fused-ring (bicyclic) bond motifs is 2. The molecule has 76 valence electrons. The summed E-state index contributed by atoms with van der Waals surface area (Å²) in [5, 5.41) is 49.6. The zero-order valence-corrected chi connectivity index (χ0v) is 6.83. The smallest absolute Gasteiger partial charge is 0.147 e. The Balaban J connectivity index is 2.30. The standard InChI is InChI=1S/C7H13NO5/c9-2-1-7(13)6(12)5(11)4(10)3(2)8-7/h2-6,8-13H,1H2/t2-,3+,4-,5-,6+,7-/m1/s1. The Kier molecular flexibility index (Phi) is 1.88. The van der Waals surface area contributed by atoms with Gasteiger partial charge in [0.05, 0.1) is 12.1 Å². The minimum atomic E-state index is -1.68. The molecule has 6 heteroatoms. The van der Waals surface area contributed by atoms with Crippen molar-refractivity contribution in [2.75, 3.05) is 0 Å². The molecule has 2 aliphatic rings. The molecule has 2 saturated heterocycles. The number of nitrogens with one attached hydrogen (secondary N) is 1. The van der Waals surface area contributed by atoms with Crippen LogP contribution in [0.15, 0.2) is 0 Å². The number of piperidine rings is 1. The maximum Gasteiger partial charge on any atom is 0.147 e. The summed E-state index contributed by atoms with van der Waals surface area (Å²) >= 11 is 0. The van der Waals surface area contributed by atoms with Crippen LogP contribution in [0.1, 0.15) is 6.42 Å². The normalized spacial score (nSPS) is 61.2. The molecule has 0 saturated carbocycles. The summed E-state index contributed by atoms with van der Waals surface area (Å²) in [4.78, 5) is 0. The summed E-state index contributed by atoms with van der Waals surface area (Å²) in [7, 11) is 0. The molecule has 0 spiro atoms. The van der Waals surface area contributed by atoms with E-state index in [0.29, 0.717) is 0 Å². The van der Waals surface area contributed by atoms with Crippen molar-refractivity contribution in [3.63, 3.8) is 0 Å². The maximum absolute atomic E-state index is 9.66. The van der Waals surface area contributed by atoms with E-state index in [4.69, 9.17) is 0 Å². The van der Waals surface area contributed by atoms with E-state index in [0.717, 1.165) is 0 Å². The Morgan fingerprint density at radius 2 is 1.69 bits per heavy atom. The van der Waals surface area contributed by atoms with Gasteiger partial charge in [0.15, 0.2) is 0 Å². The highest BCUT2D eigenvalue weighted by atomic mass is 16.4. The van der Waals surface area contributed by atoms with E-state index in [1.165, 1.54) is 0 Å². The van der Waals surface area contributed by atoms with Crippen molar-refractivity contribution in [2.24, 2.45) is 0 Å². The van der Waals surface area contributed by atoms with Crippen LogP contribution in [-0.2, 0) is 0 Å². The zero-order valence-electron chi connectivity index (χ0n) is 6.83. The van der Waals surface area contributed by atoms with Crippen molar-refractivity contribution >= 4 is 0 Å². The van der Waals surface area contributed by atoms with Crippen molar-refractivity contribution in [3.05, 3.63) is 0 Å². The van der Waals surface area contributed by atoms with E-state index in [-0.39, 0.29) is 6.42 Å². The molecule has 0 aliphatic carbocycles. The maximum atomic E-state index is 9.66. The second-order valence-corrected chi connectivity index (χ2v) is 3.79. The van der Waals surface area contributed by atoms with Gasteiger partial charge in [-0.05, 0) is 0 Å². The quantitative estimate of drug-likeness (QED) is 0.237. The average molecular weight is 191 g/mol. The van der Waals surface area contributed by atoms with E-state index >= 15 is 0 Å². The van der Waals surface area contributed by atoms with Crippen molar-refractivity contribution in [2.45, 2.75) is 42.6 Å². The molecule has 6 nitrogen and oxygen atoms in total. The molecular formula is C7H13NO5. The third kappa shape index (κ3) is 1.11. The second-order valence-electron chi connectivity index (χ2n) is 3.79. The van der Waals surface area contributed by atoms with Gasteiger partial charge in [-0.2, -0.15) is 0 Å². The molecule has 0 aromatic heterocycles. The van der Waals surface area contributed by atoms with Gasteiger partial charge in [0.2, 0.25) is 0 Å². The van der Waals surface area contributed by atoms with Crippen LogP contribution in [0, 0.1) is 0 Å². The third-order valence-corrected chi connectivity index (χ3v) is 2.88. The van der Waals surface area contributed by atoms with Crippen LogP contribution in [0.4, 0.5) is 0 Å².